The van der Waals surface area contributed by atoms with Crippen LogP contribution in [0.25, 0.3) is 0 Å². The van der Waals surface area contributed by atoms with Crippen LogP contribution in [0, 0.1) is 0 Å². The topological polar surface area (TPSA) is 21.3 Å². The Morgan fingerprint density at radius 1 is 0.818 bits per heavy atom. The van der Waals surface area contributed by atoms with Crippen LogP contribution >= 0.6 is 0 Å². The van der Waals surface area contributed by atoms with Crippen LogP contribution in [0.4, 0.5) is 5.69 Å². The molecule has 2 nitrogen and oxygen atoms in total. The van der Waals surface area contributed by atoms with E-state index in [2.05, 4.69) is 107 Å². The number of anilines is 1. The Labute approximate surface area is 199 Å². The predicted octanol–water partition coefficient (Wildman–Crippen LogP) is 7.71. The molecule has 3 atom stereocenters. The first-order valence-electron chi connectivity index (χ1n) is 12.2. The maximum Gasteiger partial charge on any atom is 0.119 e. The van der Waals surface area contributed by atoms with E-state index >= 15 is 0 Å². The highest BCUT2D eigenvalue weighted by Crippen LogP contribution is 2.64. The minimum Gasteiger partial charge on any atom is -0.497 e. The minimum absolute atomic E-state index is 0.0407. The zero-order valence-corrected chi connectivity index (χ0v) is 21.0. The number of rotatable bonds is 3. The molecule has 1 heterocycles. The molecule has 1 aliphatic heterocycles. The van der Waals surface area contributed by atoms with Crippen molar-refractivity contribution in [2.75, 3.05) is 12.4 Å². The molecule has 172 valence electrons. The largest absolute Gasteiger partial charge is 0.497 e. The van der Waals surface area contributed by atoms with Gasteiger partial charge in [-0.25, -0.2) is 0 Å². The van der Waals surface area contributed by atoms with Gasteiger partial charge in [-0.2, -0.15) is 0 Å². The Morgan fingerprint density at radius 2 is 1.55 bits per heavy atom. The lowest BCUT2D eigenvalue weighted by Crippen LogP contribution is -2.55. The van der Waals surface area contributed by atoms with Crippen molar-refractivity contribution < 1.29 is 4.74 Å². The number of methoxy groups -OCH3 is 1. The van der Waals surface area contributed by atoms with Gasteiger partial charge < -0.3 is 10.1 Å². The quantitative estimate of drug-likeness (QED) is 0.451. The van der Waals surface area contributed by atoms with E-state index in [-0.39, 0.29) is 21.8 Å². The van der Waals surface area contributed by atoms with Gasteiger partial charge in [-0.1, -0.05) is 89.2 Å². The summed E-state index contributed by atoms with van der Waals surface area (Å²) < 4.78 is 5.59. The van der Waals surface area contributed by atoms with Crippen molar-refractivity contribution in [1.29, 1.82) is 0 Å². The van der Waals surface area contributed by atoms with Gasteiger partial charge in [-0.05, 0) is 70.5 Å². The van der Waals surface area contributed by atoms with E-state index in [0.717, 1.165) is 25.0 Å². The number of hydrogen-bond acceptors (Lipinski definition) is 2. The average Bonchev–Trinajstić information content (AvgIpc) is 3.07. The van der Waals surface area contributed by atoms with E-state index in [9.17, 15) is 0 Å². The SMILES string of the molecule is COc1cccc([C@]2(C)CC[C@@]3(c4ccccc4)Nc4ccc(C(C)(C)C)cc4[C@]3(C)C2)c1. The van der Waals surface area contributed by atoms with Crippen LogP contribution in [0.3, 0.4) is 0 Å². The standard InChI is InChI=1S/C31H37NO/c1-28(2,3)23-15-16-27-26(20-23)30(5)21-29(4,24-13-10-14-25(19-24)33-6)17-18-31(30,32-27)22-11-8-7-9-12-22/h7-16,19-20,32H,17-18,21H2,1-6H3/t29-,30+,31+/m1/s1. The summed E-state index contributed by atoms with van der Waals surface area (Å²) in [7, 11) is 1.76. The normalized spacial score (nSPS) is 28.5. The maximum atomic E-state index is 5.59. The van der Waals surface area contributed by atoms with Gasteiger partial charge >= 0.3 is 0 Å². The molecule has 1 N–H and O–H groups in total. The molecule has 5 rings (SSSR count). The van der Waals surface area contributed by atoms with Gasteiger partial charge in [0.1, 0.15) is 5.75 Å². The van der Waals surface area contributed by atoms with Crippen molar-refractivity contribution in [2.45, 2.75) is 75.7 Å². The molecule has 0 aromatic heterocycles. The zero-order valence-electron chi connectivity index (χ0n) is 21.0. The van der Waals surface area contributed by atoms with Crippen molar-refractivity contribution >= 4 is 5.69 Å². The van der Waals surface area contributed by atoms with Crippen molar-refractivity contribution in [3.8, 4) is 5.75 Å². The van der Waals surface area contributed by atoms with Crippen molar-refractivity contribution in [1.82, 2.24) is 0 Å². The minimum atomic E-state index is -0.106. The van der Waals surface area contributed by atoms with Crippen LogP contribution < -0.4 is 10.1 Å². The van der Waals surface area contributed by atoms with Crippen LogP contribution in [-0.2, 0) is 21.8 Å². The first-order chi connectivity index (χ1) is 15.6. The Morgan fingerprint density at radius 3 is 2.24 bits per heavy atom. The lowest BCUT2D eigenvalue weighted by molar-refractivity contribution is 0.128. The molecule has 0 bridgehead atoms. The third-order valence-electron chi connectivity index (χ3n) is 8.60. The lowest BCUT2D eigenvalue weighted by Gasteiger charge is -2.54. The van der Waals surface area contributed by atoms with Gasteiger partial charge in [0.2, 0.25) is 0 Å². The highest BCUT2D eigenvalue weighted by molar-refractivity contribution is 5.68. The fraction of sp³-hybridized carbons (Fsp3) is 0.419. The Hall–Kier alpha value is -2.74. The molecule has 3 aromatic rings. The van der Waals surface area contributed by atoms with Crippen LogP contribution in [0.1, 0.15) is 76.1 Å². The van der Waals surface area contributed by atoms with Gasteiger partial charge in [-0.15, -0.1) is 0 Å². The molecule has 3 aromatic carbocycles. The monoisotopic (exact) mass is 439 g/mol. The second kappa shape index (κ2) is 7.38. The average molecular weight is 440 g/mol. The Kier molecular flexibility index (Phi) is 4.94. The summed E-state index contributed by atoms with van der Waals surface area (Å²) in [6.45, 7) is 11.9. The number of ether oxygens (including phenoxy) is 1. The fourth-order valence-electron chi connectivity index (χ4n) is 6.59. The Balaban J connectivity index is 1.69. The molecule has 33 heavy (non-hydrogen) atoms. The summed E-state index contributed by atoms with van der Waals surface area (Å²) in [5.41, 5.74) is 6.99. The molecular weight excluding hydrogens is 402 g/mol. The number of benzene rings is 3. The summed E-state index contributed by atoms with van der Waals surface area (Å²) in [6.07, 6.45) is 3.29. The van der Waals surface area contributed by atoms with Crippen LogP contribution in [0.5, 0.6) is 5.75 Å². The molecule has 1 aliphatic carbocycles. The third kappa shape index (κ3) is 3.29. The summed E-state index contributed by atoms with van der Waals surface area (Å²) in [4.78, 5) is 0. The molecule has 1 fully saturated rings. The lowest BCUT2D eigenvalue weighted by atomic mass is 9.51. The number of nitrogens with one attached hydrogen (secondary N) is 1. The van der Waals surface area contributed by atoms with E-state index in [1.165, 1.54) is 27.9 Å². The molecule has 0 saturated heterocycles. The first kappa shape index (κ1) is 22.1. The Bertz CT molecular complexity index is 1180. The predicted molar refractivity (Wildman–Crippen MR) is 138 cm³/mol. The van der Waals surface area contributed by atoms with Gasteiger partial charge in [-0.3, -0.25) is 0 Å². The van der Waals surface area contributed by atoms with E-state index in [0.29, 0.717) is 0 Å². The maximum absolute atomic E-state index is 5.59. The third-order valence-corrected chi connectivity index (χ3v) is 8.60. The van der Waals surface area contributed by atoms with Crippen molar-refractivity contribution in [3.63, 3.8) is 0 Å². The summed E-state index contributed by atoms with van der Waals surface area (Å²) in [5, 5.41) is 4.07. The van der Waals surface area contributed by atoms with E-state index in [1.54, 1.807) is 7.11 Å². The van der Waals surface area contributed by atoms with Gasteiger partial charge in [0.25, 0.3) is 0 Å². The highest BCUT2D eigenvalue weighted by atomic mass is 16.5. The van der Waals surface area contributed by atoms with Gasteiger partial charge in [0.05, 0.1) is 12.6 Å². The van der Waals surface area contributed by atoms with Crippen molar-refractivity contribution in [3.05, 3.63) is 95.1 Å². The second-order valence-electron chi connectivity index (χ2n) is 11.7. The molecule has 0 unspecified atom stereocenters. The fourth-order valence-corrected chi connectivity index (χ4v) is 6.59. The molecule has 0 spiro atoms. The first-order valence-corrected chi connectivity index (χ1v) is 12.2. The van der Waals surface area contributed by atoms with E-state index in [1.807, 2.05) is 6.07 Å². The number of fused-ring (bicyclic) bond motifs is 3. The van der Waals surface area contributed by atoms with Gasteiger partial charge in [0, 0.05) is 11.1 Å². The molecule has 1 saturated carbocycles. The smallest absolute Gasteiger partial charge is 0.119 e. The highest BCUT2D eigenvalue weighted by Gasteiger charge is 2.61. The van der Waals surface area contributed by atoms with Crippen LogP contribution in [-0.4, -0.2) is 7.11 Å². The second-order valence-corrected chi connectivity index (χ2v) is 11.7. The van der Waals surface area contributed by atoms with E-state index in [4.69, 9.17) is 4.74 Å². The summed E-state index contributed by atoms with van der Waals surface area (Å²) in [5.74, 6) is 0.943. The van der Waals surface area contributed by atoms with Crippen LogP contribution in [0.2, 0.25) is 0 Å². The summed E-state index contributed by atoms with van der Waals surface area (Å²) in [6, 6.07) is 27.0. The molecular formula is C31H37NO. The van der Waals surface area contributed by atoms with Crippen molar-refractivity contribution in [2.24, 2.45) is 0 Å². The number of hydrogen-bond donors (Lipinski definition) is 1. The van der Waals surface area contributed by atoms with Gasteiger partial charge in [0.15, 0.2) is 0 Å². The summed E-state index contributed by atoms with van der Waals surface area (Å²) >= 11 is 0. The van der Waals surface area contributed by atoms with E-state index < -0.39 is 0 Å². The van der Waals surface area contributed by atoms with Crippen LogP contribution in [0.15, 0.2) is 72.8 Å². The molecule has 2 aliphatic rings. The molecule has 2 heteroatoms. The molecule has 0 amide bonds. The molecule has 0 radical (unpaired) electrons. The zero-order chi connectivity index (χ0) is 23.5.